The molecule has 0 radical (unpaired) electrons. The first-order chi connectivity index (χ1) is 17.9. The van der Waals surface area contributed by atoms with E-state index in [2.05, 4.69) is 5.32 Å². The number of benzene rings is 3. The summed E-state index contributed by atoms with van der Waals surface area (Å²) < 4.78 is 56.4. The van der Waals surface area contributed by atoms with Crippen LogP contribution >= 0.6 is 23.2 Å². The van der Waals surface area contributed by atoms with Gasteiger partial charge in [-0.05, 0) is 60.9 Å². The molecule has 2 amide bonds. The highest BCUT2D eigenvalue weighted by Crippen LogP contribution is 2.43. The van der Waals surface area contributed by atoms with E-state index < -0.39 is 23.9 Å². The summed E-state index contributed by atoms with van der Waals surface area (Å²) in [6.45, 7) is 0.0924. The second-order valence-electron chi connectivity index (χ2n) is 8.83. The third kappa shape index (κ3) is 5.31. The molecule has 1 heterocycles. The number of nitrogens with one attached hydrogen (secondary N) is 1. The maximum absolute atomic E-state index is 14.5. The molecule has 0 aromatic heterocycles. The quantitative estimate of drug-likeness (QED) is 0.339. The number of halogens is 6. The zero-order chi connectivity index (χ0) is 27.8. The number of hydrogen-bond donors (Lipinski definition) is 1. The van der Waals surface area contributed by atoms with Crippen molar-refractivity contribution in [3.8, 4) is 11.1 Å². The molecule has 1 fully saturated rings. The summed E-state index contributed by atoms with van der Waals surface area (Å²) in [4.78, 5) is 27.7. The van der Waals surface area contributed by atoms with Crippen molar-refractivity contribution < 1.29 is 27.2 Å². The fourth-order valence-electron chi connectivity index (χ4n) is 4.61. The van der Waals surface area contributed by atoms with Gasteiger partial charge in [-0.25, -0.2) is 4.39 Å². The molecule has 1 saturated heterocycles. The van der Waals surface area contributed by atoms with Gasteiger partial charge in [0.1, 0.15) is 11.9 Å². The molecule has 5 nitrogen and oxygen atoms in total. The standard InChI is InChI=1S/C27H23Cl2F4N3O2/c1-34-25(37)16-8-10-18(28)17(13-16)15-9-11-21(22(14-15)36-12-4-7-23(36)27(31,32)33)35(2)26(38)24-19(29)5-3-6-20(24)30/h3,5-6,8-11,13-14,23H,4,7,12H2,1-2H3,(H,34,37)/t23-/m0/s1. The summed E-state index contributed by atoms with van der Waals surface area (Å²) in [5.41, 5.74) is 1.04. The number of anilines is 2. The van der Waals surface area contributed by atoms with Crippen LogP contribution in [0.3, 0.4) is 0 Å². The third-order valence-electron chi connectivity index (χ3n) is 6.52. The molecular weight excluding hydrogens is 545 g/mol. The molecule has 1 aliphatic heterocycles. The lowest BCUT2D eigenvalue weighted by atomic mass is 10.00. The zero-order valence-corrected chi connectivity index (χ0v) is 21.9. The maximum Gasteiger partial charge on any atom is 0.408 e. The summed E-state index contributed by atoms with van der Waals surface area (Å²) >= 11 is 12.5. The van der Waals surface area contributed by atoms with Crippen molar-refractivity contribution in [3.63, 3.8) is 0 Å². The van der Waals surface area contributed by atoms with Crippen LogP contribution < -0.4 is 15.1 Å². The molecule has 0 aliphatic carbocycles. The van der Waals surface area contributed by atoms with Gasteiger partial charge in [0.25, 0.3) is 11.8 Å². The van der Waals surface area contributed by atoms with Crippen LogP contribution in [0.4, 0.5) is 28.9 Å². The SMILES string of the molecule is CNC(=O)c1ccc(Cl)c(-c2ccc(N(C)C(=O)c3c(F)cccc3Cl)c(N3CCC[C@H]3C(F)(F)F)c2)c1. The van der Waals surface area contributed by atoms with Crippen LogP contribution in [0.15, 0.2) is 54.6 Å². The predicted molar refractivity (Wildman–Crippen MR) is 141 cm³/mol. The fraction of sp³-hybridized carbons (Fsp3) is 0.259. The summed E-state index contributed by atoms with van der Waals surface area (Å²) in [6, 6.07) is 11.2. The van der Waals surface area contributed by atoms with E-state index in [-0.39, 0.29) is 52.3 Å². The molecule has 0 unspecified atom stereocenters. The smallest absolute Gasteiger partial charge is 0.358 e. The normalized spacial score (nSPS) is 15.5. The van der Waals surface area contributed by atoms with Gasteiger partial charge in [0.2, 0.25) is 0 Å². The van der Waals surface area contributed by atoms with Gasteiger partial charge in [0.15, 0.2) is 0 Å². The minimum atomic E-state index is -4.52. The Bertz CT molecular complexity index is 1380. The Labute approximate surface area is 226 Å². The lowest BCUT2D eigenvalue weighted by molar-refractivity contribution is -0.145. The minimum Gasteiger partial charge on any atom is -0.358 e. The molecule has 1 atom stereocenters. The van der Waals surface area contributed by atoms with Crippen molar-refractivity contribution in [2.45, 2.75) is 25.1 Å². The van der Waals surface area contributed by atoms with Crippen LogP contribution in [0, 0.1) is 5.82 Å². The number of alkyl halides is 3. The Hall–Kier alpha value is -3.30. The van der Waals surface area contributed by atoms with Crippen LogP contribution in [-0.4, -0.2) is 44.7 Å². The van der Waals surface area contributed by atoms with Gasteiger partial charge in [0.05, 0.1) is 22.0 Å². The number of carbonyl (C=O) groups excluding carboxylic acids is 2. The van der Waals surface area contributed by atoms with Gasteiger partial charge in [-0.1, -0.05) is 35.3 Å². The summed E-state index contributed by atoms with van der Waals surface area (Å²) in [5, 5.41) is 2.68. The molecule has 1 aliphatic rings. The average molecular weight is 568 g/mol. The number of rotatable bonds is 5. The summed E-state index contributed by atoms with van der Waals surface area (Å²) in [5.74, 6) is -2.02. The van der Waals surface area contributed by atoms with E-state index >= 15 is 0 Å². The van der Waals surface area contributed by atoms with Crippen molar-refractivity contribution in [1.29, 1.82) is 0 Å². The van der Waals surface area contributed by atoms with Crippen LogP contribution in [0.5, 0.6) is 0 Å². The molecule has 3 aromatic rings. The lowest BCUT2D eigenvalue weighted by Gasteiger charge is -2.33. The minimum absolute atomic E-state index is 0.0924. The van der Waals surface area contributed by atoms with E-state index in [0.717, 1.165) is 11.0 Å². The monoisotopic (exact) mass is 567 g/mol. The highest BCUT2D eigenvalue weighted by molar-refractivity contribution is 6.35. The first-order valence-corrected chi connectivity index (χ1v) is 12.4. The Morgan fingerprint density at radius 3 is 2.45 bits per heavy atom. The molecular formula is C27H23Cl2F4N3O2. The lowest BCUT2D eigenvalue weighted by Crippen LogP contribution is -2.42. The molecule has 11 heteroatoms. The van der Waals surface area contributed by atoms with E-state index in [9.17, 15) is 27.2 Å². The molecule has 0 spiro atoms. The van der Waals surface area contributed by atoms with Crippen molar-refractivity contribution in [2.75, 3.05) is 30.4 Å². The first kappa shape index (κ1) is 27.7. The number of amides is 2. The van der Waals surface area contributed by atoms with Crippen LogP contribution in [-0.2, 0) is 0 Å². The molecule has 0 bridgehead atoms. The van der Waals surface area contributed by atoms with Crippen molar-refractivity contribution in [3.05, 3.63) is 81.6 Å². The first-order valence-electron chi connectivity index (χ1n) is 11.7. The fourth-order valence-corrected chi connectivity index (χ4v) is 5.08. The summed E-state index contributed by atoms with van der Waals surface area (Å²) in [7, 11) is 2.82. The maximum atomic E-state index is 14.5. The largest absolute Gasteiger partial charge is 0.408 e. The Balaban J connectivity index is 1.87. The predicted octanol–water partition coefficient (Wildman–Crippen LogP) is 6.97. The van der Waals surface area contributed by atoms with Gasteiger partial charge >= 0.3 is 6.18 Å². The van der Waals surface area contributed by atoms with Crippen molar-refractivity contribution >= 4 is 46.4 Å². The van der Waals surface area contributed by atoms with E-state index in [1.54, 1.807) is 12.1 Å². The Morgan fingerprint density at radius 2 is 1.79 bits per heavy atom. The van der Waals surface area contributed by atoms with E-state index in [0.29, 0.717) is 16.7 Å². The van der Waals surface area contributed by atoms with Crippen LogP contribution in [0.25, 0.3) is 11.1 Å². The Kier molecular flexibility index (Phi) is 7.90. The van der Waals surface area contributed by atoms with E-state index in [4.69, 9.17) is 23.2 Å². The molecule has 0 saturated carbocycles. The van der Waals surface area contributed by atoms with Gasteiger partial charge in [-0.2, -0.15) is 13.2 Å². The second-order valence-corrected chi connectivity index (χ2v) is 9.65. The number of hydrogen-bond acceptors (Lipinski definition) is 3. The average Bonchev–Trinajstić information content (AvgIpc) is 3.38. The van der Waals surface area contributed by atoms with Crippen molar-refractivity contribution in [2.24, 2.45) is 0 Å². The van der Waals surface area contributed by atoms with Gasteiger partial charge in [-0.3, -0.25) is 9.59 Å². The molecule has 200 valence electrons. The van der Waals surface area contributed by atoms with Gasteiger partial charge in [0, 0.05) is 36.8 Å². The Morgan fingerprint density at radius 1 is 1.05 bits per heavy atom. The highest BCUT2D eigenvalue weighted by Gasteiger charge is 2.46. The molecule has 38 heavy (non-hydrogen) atoms. The van der Waals surface area contributed by atoms with Crippen LogP contribution in [0.1, 0.15) is 33.6 Å². The number of nitrogens with zero attached hydrogens (tertiary/aromatic N) is 2. The second kappa shape index (κ2) is 10.8. The topological polar surface area (TPSA) is 52.7 Å². The van der Waals surface area contributed by atoms with Gasteiger partial charge in [-0.15, -0.1) is 0 Å². The van der Waals surface area contributed by atoms with Gasteiger partial charge < -0.3 is 15.1 Å². The molecule has 4 rings (SSSR count). The van der Waals surface area contributed by atoms with Crippen LogP contribution in [0.2, 0.25) is 10.0 Å². The highest BCUT2D eigenvalue weighted by atomic mass is 35.5. The molecule has 1 N–H and O–H groups in total. The van der Waals surface area contributed by atoms with E-state index in [1.807, 2.05) is 0 Å². The molecule has 3 aromatic carbocycles. The van der Waals surface area contributed by atoms with E-state index in [1.165, 1.54) is 55.4 Å². The third-order valence-corrected chi connectivity index (χ3v) is 7.17. The number of carbonyl (C=O) groups is 2. The zero-order valence-electron chi connectivity index (χ0n) is 20.4. The van der Waals surface area contributed by atoms with Crippen molar-refractivity contribution in [1.82, 2.24) is 5.32 Å². The summed E-state index contributed by atoms with van der Waals surface area (Å²) in [6.07, 6.45) is -4.34.